The fourth-order valence-electron chi connectivity index (χ4n) is 2.02. The first-order valence-corrected chi connectivity index (χ1v) is 7.13. The standard InChI is InChI=1S/C13H15BrN2OS/c1-6-5-9(7(2)8(3)10(6)17-4)13-16-12(15)11(14)18-13/h5H,15H2,1-4H3. The van der Waals surface area contributed by atoms with Crippen LogP contribution in [0.2, 0.25) is 0 Å². The van der Waals surface area contributed by atoms with E-state index in [-0.39, 0.29) is 0 Å². The van der Waals surface area contributed by atoms with Crippen LogP contribution in [0.3, 0.4) is 0 Å². The van der Waals surface area contributed by atoms with Gasteiger partial charge < -0.3 is 10.5 Å². The first kappa shape index (κ1) is 13.4. The van der Waals surface area contributed by atoms with Crippen LogP contribution < -0.4 is 10.5 Å². The van der Waals surface area contributed by atoms with Crippen LogP contribution in [0.4, 0.5) is 5.82 Å². The molecule has 0 saturated heterocycles. The molecule has 2 rings (SSSR count). The second kappa shape index (κ2) is 4.90. The molecule has 0 fully saturated rings. The monoisotopic (exact) mass is 326 g/mol. The molecule has 5 heteroatoms. The van der Waals surface area contributed by atoms with Gasteiger partial charge >= 0.3 is 0 Å². The second-order valence-corrected chi connectivity index (χ2v) is 6.52. The molecule has 2 aromatic rings. The Hall–Kier alpha value is -1.07. The molecule has 96 valence electrons. The molecular weight excluding hydrogens is 312 g/mol. The van der Waals surface area contributed by atoms with E-state index in [2.05, 4.69) is 40.8 Å². The zero-order valence-corrected chi connectivity index (χ0v) is 13.2. The van der Waals surface area contributed by atoms with Gasteiger partial charge in [0.15, 0.2) is 0 Å². The topological polar surface area (TPSA) is 48.1 Å². The van der Waals surface area contributed by atoms with Crippen molar-refractivity contribution in [1.29, 1.82) is 0 Å². The van der Waals surface area contributed by atoms with E-state index in [1.54, 1.807) is 18.4 Å². The van der Waals surface area contributed by atoms with Gasteiger partial charge in [0.05, 0.1) is 7.11 Å². The summed E-state index contributed by atoms with van der Waals surface area (Å²) in [5.41, 5.74) is 10.3. The van der Waals surface area contributed by atoms with Crippen LogP contribution in [0.25, 0.3) is 10.6 Å². The Morgan fingerprint density at radius 3 is 2.44 bits per heavy atom. The zero-order valence-electron chi connectivity index (χ0n) is 10.8. The molecule has 0 atom stereocenters. The average Bonchev–Trinajstić information content (AvgIpc) is 2.65. The molecule has 0 unspecified atom stereocenters. The zero-order chi connectivity index (χ0) is 13.4. The normalized spacial score (nSPS) is 10.7. The number of nitrogens with two attached hydrogens (primary N) is 1. The Balaban J connectivity index is 2.66. The number of aromatic nitrogens is 1. The number of hydrogen-bond acceptors (Lipinski definition) is 4. The summed E-state index contributed by atoms with van der Waals surface area (Å²) in [5.74, 6) is 1.49. The molecule has 0 aliphatic carbocycles. The summed E-state index contributed by atoms with van der Waals surface area (Å²) in [6.45, 7) is 6.19. The molecule has 0 spiro atoms. The SMILES string of the molecule is COc1c(C)cc(-c2nc(N)c(Br)s2)c(C)c1C. The number of rotatable bonds is 2. The number of methoxy groups -OCH3 is 1. The largest absolute Gasteiger partial charge is 0.496 e. The van der Waals surface area contributed by atoms with Gasteiger partial charge in [-0.1, -0.05) is 0 Å². The third-order valence-corrected chi connectivity index (χ3v) is 4.86. The van der Waals surface area contributed by atoms with Gasteiger partial charge in [-0.15, -0.1) is 11.3 Å². The highest BCUT2D eigenvalue weighted by molar-refractivity contribution is 9.11. The van der Waals surface area contributed by atoms with E-state index >= 15 is 0 Å². The third kappa shape index (κ3) is 2.12. The van der Waals surface area contributed by atoms with Crippen LogP contribution in [0, 0.1) is 20.8 Å². The number of halogens is 1. The average molecular weight is 327 g/mol. The molecule has 0 radical (unpaired) electrons. The maximum atomic E-state index is 5.79. The predicted molar refractivity (Wildman–Crippen MR) is 80.4 cm³/mol. The van der Waals surface area contributed by atoms with Gasteiger partial charge in [0.1, 0.15) is 20.4 Å². The lowest BCUT2D eigenvalue weighted by Crippen LogP contribution is -1.96. The predicted octanol–water partition coefficient (Wildman–Crippen LogP) is 4.09. The number of benzene rings is 1. The quantitative estimate of drug-likeness (QED) is 0.904. The Kier molecular flexibility index (Phi) is 3.64. The minimum atomic E-state index is 0.542. The van der Waals surface area contributed by atoms with E-state index in [0.717, 1.165) is 31.2 Å². The molecular formula is C13H15BrN2OS. The minimum absolute atomic E-state index is 0.542. The van der Waals surface area contributed by atoms with Crippen molar-refractivity contribution in [2.75, 3.05) is 12.8 Å². The van der Waals surface area contributed by atoms with E-state index in [0.29, 0.717) is 5.82 Å². The van der Waals surface area contributed by atoms with Crippen molar-refractivity contribution in [1.82, 2.24) is 4.98 Å². The van der Waals surface area contributed by atoms with E-state index in [4.69, 9.17) is 10.5 Å². The Morgan fingerprint density at radius 1 is 1.28 bits per heavy atom. The van der Waals surface area contributed by atoms with Gasteiger partial charge in [-0.2, -0.15) is 0 Å². The fraction of sp³-hybridized carbons (Fsp3) is 0.308. The summed E-state index contributed by atoms with van der Waals surface area (Å²) in [6.07, 6.45) is 0. The highest BCUT2D eigenvalue weighted by Crippen LogP contribution is 2.39. The first-order valence-electron chi connectivity index (χ1n) is 5.52. The molecule has 0 aliphatic rings. The van der Waals surface area contributed by atoms with Crippen molar-refractivity contribution in [2.45, 2.75) is 20.8 Å². The van der Waals surface area contributed by atoms with Gasteiger partial charge in [-0.25, -0.2) is 4.98 Å². The second-order valence-electron chi connectivity index (χ2n) is 4.20. The summed E-state index contributed by atoms with van der Waals surface area (Å²) >= 11 is 4.96. The molecule has 1 aromatic heterocycles. The smallest absolute Gasteiger partial charge is 0.149 e. The molecule has 1 aromatic carbocycles. The lowest BCUT2D eigenvalue weighted by atomic mass is 9.99. The third-order valence-electron chi connectivity index (χ3n) is 3.07. The van der Waals surface area contributed by atoms with Crippen molar-refractivity contribution in [3.63, 3.8) is 0 Å². The lowest BCUT2D eigenvalue weighted by Gasteiger charge is -2.14. The Morgan fingerprint density at radius 2 is 1.94 bits per heavy atom. The minimum Gasteiger partial charge on any atom is -0.496 e. The maximum Gasteiger partial charge on any atom is 0.149 e. The van der Waals surface area contributed by atoms with Crippen LogP contribution in [0.5, 0.6) is 5.75 Å². The first-order chi connectivity index (χ1) is 8.45. The number of nitrogen functional groups attached to an aromatic ring is 1. The Bertz CT molecular complexity index is 588. The van der Waals surface area contributed by atoms with Crippen LogP contribution >= 0.6 is 27.3 Å². The molecule has 0 saturated carbocycles. The molecule has 2 N–H and O–H groups in total. The van der Waals surface area contributed by atoms with Crippen molar-refractivity contribution in [2.24, 2.45) is 0 Å². The molecule has 18 heavy (non-hydrogen) atoms. The summed E-state index contributed by atoms with van der Waals surface area (Å²) in [6, 6.07) is 2.10. The van der Waals surface area contributed by atoms with E-state index in [9.17, 15) is 0 Å². The van der Waals surface area contributed by atoms with E-state index in [1.807, 2.05) is 6.92 Å². The van der Waals surface area contributed by atoms with Crippen molar-refractivity contribution in [3.8, 4) is 16.3 Å². The lowest BCUT2D eigenvalue weighted by molar-refractivity contribution is 0.408. The molecule has 3 nitrogen and oxygen atoms in total. The summed E-state index contributed by atoms with van der Waals surface area (Å²) < 4.78 is 6.30. The van der Waals surface area contributed by atoms with Gasteiger partial charge in [0.2, 0.25) is 0 Å². The highest BCUT2D eigenvalue weighted by Gasteiger charge is 2.15. The maximum absolute atomic E-state index is 5.79. The summed E-state index contributed by atoms with van der Waals surface area (Å²) in [7, 11) is 1.70. The summed E-state index contributed by atoms with van der Waals surface area (Å²) in [4.78, 5) is 4.39. The number of nitrogens with zero attached hydrogens (tertiary/aromatic N) is 1. The van der Waals surface area contributed by atoms with Gasteiger partial charge in [0.25, 0.3) is 0 Å². The number of anilines is 1. The number of aryl methyl sites for hydroxylation is 1. The van der Waals surface area contributed by atoms with Crippen molar-refractivity contribution >= 4 is 33.1 Å². The van der Waals surface area contributed by atoms with Gasteiger partial charge in [-0.05, 0) is 59.5 Å². The van der Waals surface area contributed by atoms with Crippen LogP contribution in [0.1, 0.15) is 16.7 Å². The fourth-order valence-corrected chi connectivity index (χ4v) is 3.36. The van der Waals surface area contributed by atoms with Crippen LogP contribution in [0.15, 0.2) is 9.85 Å². The summed E-state index contributed by atoms with van der Waals surface area (Å²) in [5, 5.41) is 0.936. The van der Waals surface area contributed by atoms with Crippen molar-refractivity contribution in [3.05, 3.63) is 26.5 Å². The highest BCUT2D eigenvalue weighted by atomic mass is 79.9. The van der Waals surface area contributed by atoms with Gasteiger partial charge in [-0.3, -0.25) is 0 Å². The number of thiazole rings is 1. The Labute approximate surface area is 119 Å². The van der Waals surface area contributed by atoms with Crippen molar-refractivity contribution < 1.29 is 4.74 Å². The van der Waals surface area contributed by atoms with Gasteiger partial charge in [0, 0.05) is 5.56 Å². The molecule has 0 aliphatic heterocycles. The molecule has 1 heterocycles. The van der Waals surface area contributed by atoms with Crippen LogP contribution in [-0.2, 0) is 0 Å². The number of hydrogen-bond donors (Lipinski definition) is 1. The van der Waals surface area contributed by atoms with E-state index in [1.165, 1.54) is 5.56 Å². The molecule has 0 amide bonds. The van der Waals surface area contributed by atoms with Crippen LogP contribution in [-0.4, -0.2) is 12.1 Å². The number of ether oxygens (including phenoxy) is 1. The van der Waals surface area contributed by atoms with E-state index < -0.39 is 0 Å². The molecule has 0 bridgehead atoms.